The van der Waals surface area contributed by atoms with Gasteiger partial charge in [0.1, 0.15) is 5.78 Å². The van der Waals surface area contributed by atoms with Crippen LogP contribution in [0.2, 0.25) is 0 Å². The molecule has 0 amide bonds. The standard InChI is InChI=1S/C16H16FNO/c17-16-11-8-14(12-18-16)7-10-15(19)9-6-13-4-2-1-3-5-13/h1-5,8,11-12H,6-7,9-10H2. The van der Waals surface area contributed by atoms with Gasteiger partial charge < -0.3 is 0 Å². The number of Topliss-reactive ketones (excluding diaryl/α,β-unsaturated/α-hetero) is 1. The van der Waals surface area contributed by atoms with E-state index in [1.807, 2.05) is 30.3 Å². The minimum absolute atomic E-state index is 0.230. The highest BCUT2D eigenvalue weighted by Gasteiger charge is 2.04. The van der Waals surface area contributed by atoms with Gasteiger partial charge in [0.05, 0.1) is 0 Å². The fourth-order valence-corrected chi connectivity index (χ4v) is 1.89. The van der Waals surface area contributed by atoms with Gasteiger partial charge in [-0.15, -0.1) is 0 Å². The normalized spacial score (nSPS) is 10.4. The number of carbonyl (C=O) groups excluding carboxylic acids is 1. The van der Waals surface area contributed by atoms with Gasteiger partial charge in [0, 0.05) is 19.0 Å². The van der Waals surface area contributed by atoms with Crippen LogP contribution in [0.5, 0.6) is 0 Å². The minimum Gasteiger partial charge on any atom is -0.300 e. The lowest BCUT2D eigenvalue weighted by Gasteiger charge is -2.02. The number of ketones is 1. The molecule has 2 rings (SSSR count). The van der Waals surface area contributed by atoms with Gasteiger partial charge in [-0.25, -0.2) is 4.98 Å². The van der Waals surface area contributed by atoms with E-state index in [0.29, 0.717) is 19.3 Å². The summed E-state index contributed by atoms with van der Waals surface area (Å²) in [5.41, 5.74) is 2.08. The first-order valence-corrected chi connectivity index (χ1v) is 6.40. The van der Waals surface area contributed by atoms with E-state index < -0.39 is 5.95 Å². The van der Waals surface area contributed by atoms with Crippen LogP contribution in [0.25, 0.3) is 0 Å². The maximum atomic E-state index is 12.6. The Balaban J connectivity index is 1.74. The summed E-state index contributed by atoms with van der Waals surface area (Å²) < 4.78 is 12.6. The Morgan fingerprint density at radius 2 is 1.63 bits per heavy atom. The molecule has 1 heterocycles. The molecule has 0 radical (unpaired) electrons. The second kappa shape index (κ2) is 6.78. The van der Waals surface area contributed by atoms with Gasteiger partial charge in [0.25, 0.3) is 0 Å². The number of hydrogen-bond acceptors (Lipinski definition) is 2. The van der Waals surface area contributed by atoms with E-state index in [4.69, 9.17) is 0 Å². The van der Waals surface area contributed by atoms with Crippen molar-refractivity contribution in [3.05, 3.63) is 65.7 Å². The van der Waals surface area contributed by atoms with Gasteiger partial charge in [0.15, 0.2) is 0 Å². The summed E-state index contributed by atoms with van der Waals surface area (Å²) in [5, 5.41) is 0. The second-order valence-electron chi connectivity index (χ2n) is 4.51. The Labute approximate surface area is 112 Å². The molecule has 19 heavy (non-hydrogen) atoms. The van der Waals surface area contributed by atoms with E-state index >= 15 is 0 Å². The largest absolute Gasteiger partial charge is 0.300 e. The topological polar surface area (TPSA) is 30.0 Å². The Morgan fingerprint density at radius 1 is 0.947 bits per heavy atom. The zero-order valence-corrected chi connectivity index (χ0v) is 10.7. The molecule has 0 spiro atoms. The fourth-order valence-electron chi connectivity index (χ4n) is 1.89. The summed E-state index contributed by atoms with van der Waals surface area (Å²) >= 11 is 0. The number of rotatable bonds is 6. The number of carbonyl (C=O) groups is 1. The lowest BCUT2D eigenvalue weighted by atomic mass is 10.0. The highest BCUT2D eigenvalue weighted by molar-refractivity contribution is 5.78. The van der Waals surface area contributed by atoms with Crippen LogP contribution in [0.1, 0.15) is 24.0 Å². The van der Waals surface area contributed by atoms with E-state index in [-0.39, 0.29) is 5.78 Å². The average molecular weight is 257 g/mol. The minimum atomic E-state index is -0.487. The van der Waals surface area contributed by atoms with Crippen molar-refractivity contribution in [2.75, 3.05) is 0 Å². The zero-order chi connectivity index (χ0) is 13.5. The van der Waals surface area contributed by atoms with Crippen LogP contribution in [0, 0.1) is 5.95 Å². The van der Waals surface area contributed by atoms with Crippen LogP contribution in [0.3, 0.4) is 0 Å². The second-order valence-corrected chi connectivity index (χ2v) is 4.51. The summed E-state index contributed by atoms with van der Waals surface area (Å²) in [7, 11) is 0. The predicted octanol–water partition coefficient (Wildman–Crippen LogP) is 3.36. The molecule has 0 aliphatic carbocycles. The SMILES string of the molecule is O=C(CCc1ccccc1)CCc1ccc(F)nc1. The summed E-state index contributed by atoms with van der Waals surface area (Å²) in [5.74, 6) is -0.257. The number of aromatic nitrogens is 1. The van der Waals surface area contributed by atoms with Crippen molar-refractivity contribution in [1.29, 1.82) is 0 Å². The van der Waals surface area contributed by atoms with Crippen LogP contribution >= 0.6 is 0 Å². The predicted molar refractivity (Wildman–Crippen MR) is 72.3 cm³/mol. The van der Waals surface area contributed by atoms with Crippen molar-refractivity contribution in [2.45, 2.75) is 25.7 Å². The molecular formula is C16H16FNO. The summed E-state index contributed by atoms with van der Waals surface area (Å²) in [6.07, 6.45) is 3.93. The Kier molecular flexibility index (Phi) is 4.78. The van der Waals surface area contributed by atoms with Gasteiger partial charge in [-0.3, -0.25) is 4.79 Å². The van der Waals surface area contributed by atoms with E-state index in [1.165, 1.54) is 17.8 Å². The van der Waals surface area contributed by atoms with E-state index in [2.05, 4.69) is 4.98 Å². The molecule has 0 saturated carbocycles. The van der Waals surface area contributed by atoms with Crippen LogP contribution < -0.4 is 0 Å². The fraction of sp³-hybridized carbons (Fsp3) is 0.250. The van der Waals surface area contributed by atoms with Crippen LogP contribution in [-0.2, 0) is 17.6 Å². The molecule has 0 bridgehead atoms. The maximum absolute atomic E-state index is 12.6. The number of nitrogens with zero attached hydrogens (tertiary/aromatic N) is 1. The third-order valence-corrected chi connectivity index (χ3v) is 3.02. The van der Waals surface area contributed by atoms with Crippen molar-refractivity contribution in [1.82, 2.24) is 4.98 Å². The molecule has 2 aromatic rings. The summed E-state index contributed by atoms with van der Waals surface area (Å²) in [6.45, 7) is 0. The first-order valence-electron chi connectivity index (χ1n) is 6.40. The molecule has 0 fully saturated rings. The molecule has 0 unspecified atom stereocenters. The molecular weight excluding hydrogens is 241 g/mol. The monoisotopic (exact) mass is 257 g/mol. The molecule has 1 aromatic heterocycles. The van der Waals surface area contributed by atoms with Gasteiger partial charge in [-0.05, 0) is 30.0 Å². The highest BCUT2D eigenvalue weighted by Crippen LogP contribution is 2.07. The zero-order valence-electron chi connectivity index (χ0n) is 10.7. The van der Waals surface area contributed by atoms with Crippen LogP contribution in [0.4, 0.5) is 4.39 Å². The van der Waals surface area contributed by atoms with Crippen molar-refractivity contribution in [3.63, 3.8) is 0 Å². The highest BCUT2D eigenvalue weighted by atomic mass is 19.1. The number of hydrogen-bond donors (Lipinski definition) is 0. The Bertz CT molecular complexity index is 522. The molecule has 2 nitrogen and oxygen atoms in total. The number of pyridine rings is 1. The first-order chi connectivity index (χ1) is 9.24. The molecule has 3 heteroatoms. The number of aryl methyl sites for hydroxylation is 2. The molecule has 98 valence electrons. The van der Waals surface area contributed by atoms with E-state index in [0.717, 1.165) is 12.0 Å². The van der Waals surface area contributed by atoms with Gasteiger partial charge >= 0.3 is 0 Å². The quantitative estimate of drug-likeness (QED) is 0.743. The summed E-state index contributed by atoms with van der Waals surface area (Å²) in [4.78, 5) is 15.3. The Morgan fingerprint density at radius 3 is 2.26 bits per heavy atom. The maximum Gasteiger partial charge on any atom is 0.212 e. The van der Waals surface area contributed by atoms with Crippen molar-refractivity contribution < 1.29 is 9.18 Å². The lowest BCUT2D eigenvalue weighted by Crippen LogP contribution is -2.02. The summed E-state index contributed by atoms with van der Waals surface area (Å²) in [6, 6.07) is 13.0. The molecule has 0 aliphatic rings. The van der Waals surface area contributed by atoms with Crippen molar-refractivity contribution >= 4 is 5.78 Å². The van der Waals surface area contributed by atoms with Gasteiger partial charge in [-0.1, -0.05) is 36.4 Å². The van der Waals surface area contributed by atoms with Crippen molar-refractivity contribution in [2.24, 2.45) is 0 Å². The number of halogens is 1. The van der Waals surface area contributed by atoms with Crippen LogP contribution in [0.15, 0.2) is 48.7 Å². The molecule has 0 saturated heterocycles. The van der Waals surface area contributed by atoms with E-state index in [9.17, 15) is 9.18 Å². The van der Waals surface area contributed by atoms with Gasteiger partial charge in [0.2, 0.25) is 5.95 Å². The smallest absolute Gasteiger partial charge is 0.212 e. The van der Waals surface area contributed by atoms with E-state index in [1.54, 1.807) is 6.07 Å². The molecule has 0 N–H and O–H groups in total. The number of benzene rings is 1. The average Bonchev–Trinajstić information content (AvgIpc) is 2.45. The molecule has 1 aromatic carbocycles. The first kappa shape index (κ1) is 13.4. The Hall–Kier alpha value is -2.03. The van der Waals surface area contributed by atoms with Gasteiger partial charge in [-0.2, -0.15) is 4.39 Å². The third-order valence-electron chi connectivity index (χ3n) is 3.02. The molecule has 0 atom stereocenters. The third kappa shape index (κ3) is 4.62. The lowest BCUT2D eigenvalue weighted by molar-refractivity contribution is -0.119. The van der Waals surface area contributed by atoms with Crippen molar-refractivity contribution in [3.8, 4) is 0 Å². The molecule has 0 aliphatic heterocycles. The van der Waals surface area contributed by atoms with Crippen LogP contribution in [-0.4, -0.2) is 10.8 Å².